The van der Waals surface area contributed by atoms with E-state index < -0.39 is 0 Å². The molecule has 146 valence electrons. The molecule has 0 aliphatic carbocycles. The molecule has 27 heavy (non-hydrogen) atoms. The SMILES string of the molecule is CCCCCCOc1ccc(/C=C2\SC(=S)N(CCC(=O)OC)C2=O)cc1. The van der Waals surface area contributed by atoms with E-state index in [9.17, 15) is 9.59 Å². The summed E-state index contributed by atoms with van der Waals surface area (Å²) in [5, 5.41) is 0. The molecule has 2 rings (SSSR count). The number of thioether (sulfide) groups is 1. The van der Waals surface area contributed by atoms with E-state index in [1.807, 2.05) is 30.3 Å². The number of amides is 1. The first kappa shape index (κ1) is 21.4. The lowest BCUT2D eigenvalue weighted by molar-refractivity contribution is -0.140. The van der Waals surface area contributed by atoms with Crippen LogP contribution in [0.25, 0.3) is 6.08 Å². The molecule has 0 atom stereocenters. The van der Waals surface area contributed by atoms with Crippen LogP contribution in [0.1, 0.15) is 44.6 Å². The fourth-order valence-corrected chi connectivity index (χ4v) is 3.84. The van der Waals surface area contributed by atoms with Crippen molar-refractivity contribution in [2.24, 2.45) is 0 Å². The summed E-state index contributed by atoms with van der Waals surface area (Å²) in [7, 11) is 1.32. The fraction of sp³-hybridized carbons (Fsp3) is 0.450. The molecule has 1 aliphatic rings. The number of benzene rings is 1. The summed E-state index contributed by atoms with van der Waals surface area (Å²) >= 11 is 6.50. The van der Waals surface area contributed by atoms with Crippen LogP contribution in [0.4, 0.5) is 0 Å². The van der Waals surface area contributed by atoms with Gasteiger partial charge >= 0.3 is 5.97 Å². The number of carbonyl (C=O) groups is 2. The topological polar surface area (TPSA) is 55.8 Å². The number of ether oxygens (including phenoxy) is 2. The van der Waals surface area contributed by atoms with Crippen LogP contribution in [-0.4, -0.2) is 41.4 Å². The number of hydrogen-bond acceptors (Lipinski definition) is 6. The Morgan fingerprint density at radius 1 is 1.22 bits per heavy atom. The van der Waals surface area contributed by atoms with Crippen molar-refractivity contribution in [3.8, 4) is 5.75 Å². The van der Waals surface area contributed by atoms with E-state index in [0.29, 0.717) is 9.23 Å². The zero-order chi connectivity index (χ0) is 19.6. The number of unbranched alkanes of at least 4 members (excludes halogenated alkanes) is 3. The van der Waals surface area contributed by atoms with E-state index in [4.69, 9.17) is 17.0 Å². The lowest BCUT2D eigenvalue weighted by Crippen LogP contribution is -2.30. The Morgan fingerprint density at radius 2 is 1.96 bits per heavy atom. The Morgan fingerprint density at radius 3 is 2.63 bits per heavy atom. The van der Waals surface area contributed by atoms with Crippen LogP contribution in [0, 0.1) is 0 Å². The van der Waals surface area contributed by atoms with Gasteiger partial charge in [-0.3, -0.25) is 14.5 Å². The first-order valence-electron chi connectivity index (χ1n) is 9.10. The van der Waals surface area contributed by atoms with Gasteiger partial charge in [-0.25, -0.2) is 0 Å². The number of carbonyl (C=O) groups excluding carboxylic acids is 2. The van der Waals surface area contributed by atoms with Crippen LogP contribution in [0.15, 0.2) is 29.2 Å². The van der Waals surface area contributed by atoms with Crippen LogP contribution in [0.3, 0.4) is 0 Å². The third-order valence-electron chi connectivity index (χ3n) is 4.09. The fourth-order valence-electron chi connectivity index (χ4n) is 2.53. The Balaban J connectivity index is 1.91. The normalized spacial score (nSPS) is 15.5. The summed E-state index contributed by atoms with van der Waals surface area (Å²) in [6.07, 6.45) is 6.63. The van der Waals surface area contributed by atoms with E-state index in [-0.39, 0.29) is 24.8 Å². The van der Waals surface area contributed by atoms with Crippen molar-refractivity contribution in [3.63, 3.8) is 0 Å². The predicted molar refractivity (Wildman–Crippen MR) is 113 cm³/mol. The van der Waals surface area contributed by atoms with Crippen molar-refractivity contribution in [1.29, 1.82) is 0 Å². The lowest BCUT2D eigenvalue weighted by Gasteiger charge is -2.12. The Hall–Kier alpha value is -1.86. The summed E-state index contributed by atoms with van der Waals surface area (Å²) in [4.78, 5) is 25.8. The zero-order valence-corrected chi connectivity index (χ0v) is 17.4. The second-order valence-electron chi connectivity index (χ2n) is 6.14. The third-order valence-corrected chi connectivity index (χ3v) is 5.46. The minimum Gasteiger partial charge on any atom is -0.494 e. The van der Waals surface area contributed by atoms with Crippen LogP contribution >= 0.6 is 24.0 Å². The Labute approximate surface area is 170 Å². The van der Waals surface area contributed by atoms with Gasteiger partial charge in [-0.05, 0) is 30.2 Å². The van der Waals surface area contributed by atoms with Gasteiger partial charge in [-0.15, -0.1) is 0 Å². The molecule has 1 amide bonds. The molecule has 1 aliphatic heterocycles. The highest BCUT2D eigenvalue weighted by molar-refractivity contribution is 8.26. The number of esters is 1. The van der Waals surface area contributed by atoms with Crippen molar-refractivity contribution in [1.82, 2.24) is 4.90 Å². The van der Waals surface area contributed by atoms with Crippen molar-refractivity contribution in [2.75, 3.05) is 20.3 Å². The number of methoxy groups -OCH3 is 1. The van der Waals surface area contributed by atoms with Gasteiger partial charge in [0.1, 0.15) is 10.1 Å². The van der Waals surface area contributed by atoms with Gasteiger partial charge in [0.25, 0.3) is 5.91 Å². The molecule has 0 radical (unpaired) electrons. The monoisotopic (exact) mass is 407 g/mol. The maximum atomic E-state index is 12.5. The summed E-state index contributed by atoms with van der Waals surface area (Å²) in [6.45, 7) is 3.14. The molecule has 1 aromatic rings. The Bertz CT molecular complexity index is 700. The summed E-state index contributed by atoms with van der Waals surface area (Å²) in [5.41, 5.74) is 0.904. The average Bonchev–Trinajstić information content (AvgIpc) is 2.94. The van der Waals surface area contributed by atoms with Crippen LogP contribution in [0.2, 0.25) is 0 Å². The molecule has 0 spiro atoms. The molecule has 0 saturated carbocycles. The van der Waals surface area contributed by atoms with Crippen molar-refractivity contribution in [2.45, 2.75) is 39.0 Å². The van der Waals surface area contributed by atoms with Crippen LogP contribution < -0.4 is 4.74 Å². The largest absolute Gasteiger partial charge is 0.494 e. The summed E-state index contributed by atoms with van der Waals surface area (Å²) in [6, 6.07) is 7.65. The van der Waals surface area contributed by atoms with Gasteiger partial charge in [-0.1, -0.05) is 62.3 Å². The van der Waals surface area contributed by atoms with Crippen LogP contribution in [-0.2, 0) is 14.3 Å². The number of hydrogen-bond donors (Lipinski definition) is 0. The summed E-state index contributed by atoms with van der Waals surface area (Å²) < 4.78 is 10.8. The standard InChI is InChI=1S/C20H25NO4S2/c1-3-4-5-6-13-25-16-9-7-15(8-10-16)14-17-19(23)21(20(26)27-17)12-11-18(22)24-2/h7-10,14H,3-6,11-13H2,1-2H3/b17-14-. The number of thiocarbonyl (C=S) groups is 1. The smallest absolute Gasteiger partial charge is 0.307 e. The first-order chi connectivity index (χ1) is 13.0. The van der Waals surface area contributed by atoms with Crippen LogP contribution in [0.5, 0.6) is 5.75 Å². The highest BCUT2D eigenvalue weighted by Crippen LogP contribution is 2.32. The van der Waals surface area contributed by atoms with Gasteiger partial charge in [-0.2, -0.15) is 0 Å². The average molecular weight is 408 g/mol. The van der Waals surface area contributed by atoms with Gasteiger partial charge in [0.15, 0.2) is 0 Å². The molecular formula is C20H25NO4S2. The molecule has 1 saturated heterocycles. The van der Waals surface area contributed by atoms with E-state index in [1.165, 1.54) is 43.0 Å². The zero-order valence-electron chi connectivity index (χ0n) is 15.7. The molecule has 7 heteroatoms. The molecule has 0 unspecified atom stereocenters. The number of rotatable bonds is 10. The minimum atomic E-state index is -0.363. The molecular weight excluding hydrogens is 382 g/mol. The maximum absolute atomic E-state index is 12.5. The summed E-state index contributed by atoms with van der Waals surface area (Å²) in [5.74, 6) is 0.290. The van der Waals surface area contributed by atoms with E-state index in [2.05, 4.69) is 11.7 Å². The molecule has 1 aromatic carbocycles. The van der Waals surface area contributed by atoms with E-state index in [1.54, 1.807) is 0 Å². The van der Waals surface area contributed by atoms with Gasteiger partial charge in [0.05, 0.1) is 25.0 Å². The van der Waals surface area contributed by atoms with Crippen molar-refractivity contribution >= 4 is 46.3 Å². The molecule has 5 nitrogen and oxygen atoms in total. The molecule has 0 aromatic heterocycles. The number of nitrogens with zero attached hydrogens (tertiary/aromatic N) is 1. The molecule has 1 fully saturated rings. The third kappa shape index (κ3) is 6.66. The molecule has 1 heterocycles. The van der Waals surface area contributed by atoms with E-state index >= 15 is 0 Å². The van der Waals surface area contributed by atoms with Crippen molar-refractivity contribution in [3.05, 3.63) is 34.7 Å². The minimum absolute atomic E-state index is 0.126. The Kier molecular flexibility index (Phi) is 8.81. The van der Waals surface area contributed by atoms with Crippen molar-refractivity contribution < 1.29 is 19.1 Å². The molecule has 0 N–H and O–H groups in total. The van der Waals surface area contributed by atoms with Gasteiger partial charge in [0.2, 0.25) is 0 Å². The first-order valence-corrected chi connectivity index (χ1v) is 10.3. The highest BCUT2D eigenvalue weighted by Gasteiger charge is 2.32. The molecule has 0 bridgehead atoms. The van der Waals surface area contributed by atoms with Gasteiger partial charge < -0.3 is 9.47 Å². The van der Waals surface area contributed by atoms with Gasteiger partial charge in [0, 0.05) is 6.54 Å². The van der Waals surface area contributed by atoms with E-state index in [0.717, 1.165) is 24.3 Å². The predicted octanol–water partition coefficient (Wildman–Crippen LogP) is 4.41. The second kappa shape index (κ2) is 11.1. The highest BCUT2D eigenvalue weighted by atomic mass is 32.2. The maximum Gasteiger partial charge on any atom is 0.307 e. The second-order valence-corrected chi connectivity index (χ2v) is 7.81. The lowest BCUT2D eigenvalue weighted by atomic mass is 10.2. The quantitative estimate of drug-likeness (QED) is 0.248.